The Morgan fingerprint density at radius 2 is 1.39 bits per heavy atom. The number of benzene rings is 2. The molecule has 0 aliphatic heterocycles. The minimum absolute atomic E-state index is 0.209. The van der Waals surface area contributed by atoms with Gasteiger partial charge in [0, 0.05) is 0 Å². The zero-order chi connectivity index (χ0) is 13.0. The first-order chi connectivity index (χ1) is 8.59. The molecule has 0 heterocycles. The van der Waals surface area contributed by atoms with Gasteiger partial charge in [0.25, 0.3) is 10.0 Å². The molecule has 4 heteroatoms. The highest BCUT2D eigenvalue weighted by atomic mass is 32.2. The van der Waals surface area contributed by atoms with Crippen LogP contribution in [0.5, 0.6) is 0 Å². The van der Waals surface area contributed by atoms with Crippen LogP contribution in [-0.4, -0.2) is 14.1 Å². The molecule has 0 unspecified atom stereocenters. The second kappa shape index (κ2) is 5.14. The number of hydrogen-bond donors (Lipinski definition) is 0. The minimum atomic E-state index is -3.62. The van der Waals surface area contributed by atoms with Crippen molar-refractivity contribution < 1.29 is 8.42 Å². The van der Waals surface area contributed by atoms with Gasteiger partial charge in [0.15, 0.2) is 0 Å². The van der Waals surface area contributed by atoms with Crippen LogP contribution in [0.2, 0.25) is 0 Å². The van der Waals surface area contributed by atoms with Gasteiger partial charge in [-0.2, -0.15) is 12.8 Å². The lowest BCUT2D eigenvalue weighted by molar-refractivity contribution is 0.598. The molecule has 3 nitrogen and oxygen atoms in total. The van der Waals surface area contributed by atoms with Crippen molar-refractivity contribution in [2.45, 2.75) is 11.8 Å². The fourth-order valence-electron chi connectivity index (χ4n) is 1.56. The van der Waals surface area contributed by atoms with Crippen molar-refractivity contribution in [2.75, 3.05) is 0 Å². The van der Waals surface area contributed by atoms with E-state index in [0.29, 0.717) is 5.71 Å². The fourth-order valence-corrected chi connectivity index (χ4v) is 2.63. The van der Waals surface area contributed by atoms with E-state index in [1.807, 2.05) is 30.3 Å². The topological polar surface area (TPSA) is 46.5 Å². The SMILES string of the molecule is C/C(=N\S(=O)(=O)c1ccccc1)c1ccccc1. The van der Waals surface area contributed by atoms with Gasteiger partial charge in [0.2, 0.25) is 0 Å². The summed E-state index contributed by atoms with van der Waals surface area (Å²) in [5.74, 6) is 0. The van der Waals surface area contributed by atoms with Gasteiger partial charge in [-0.3, -0.25) is 0 Å². The molecule has 92 valence electrons. The molecule has 0 saturated carbocycles. The predicted molar refractivity (Wildman–Crippen MR) is 72.3 cm³/mol. The number of sulfonamides is 1. The molecule has 0 aliphatic carbocycles. The van der Waals surface area contributed by atoms with E-state index >= 15 is 0 Å². The Hall–Kier alpha value is -1.94. The van der Waals surface area contributed by atoms with Gasteiger partial charge in [-0.15, -0.1) is 0 Å². The van der Waals surface area contributed by atoms with E-state index in [1.165, 1.54) is 12.1 Å². The van der Waals surface area contributed by atoms with Crippen LogP contribution in [-0.2, 0) is 10.0 Å². The zero-order valence-electron chi connectivity index (χ0n) is 9.95. The van der Waals surface area contributed by atoms with Gasteiger partial charge in [-0.25, -0.2) is 0 Å². The highest BCUT2D eigenvalue weighted by Crippen LogP contribution is 2.13. The molecule has 2 aromatic carbocycles. The Morgan fingerprint density at radius 1 is 0.889 bits per heavy atom. The van der Waals surface area contributed by atoms with Crippen LogP contribution in [0.3, 0.4) is 0 Å². The summed E-state index contributed by atoms with van der Waals surface area (Å²) in [6, 6.07) is 17.5. The van der Waals surface area contributed by atoms with Crippen LogP contribution in [0.25, 0.3) is 0 Å². The van der Waals surface area contributed by atoms with E-state index in [2.05, 4.69) is 4.40 Å². The Labute approximate surface area is 107 Å². The molecule has 0 aliphatic rings. The third kappa shape index (κ3) is 2.84. The third-order valence-corrected chi connectivity index (χ3v) is 3.87. The summed E-state index contributed by atoms with van der Waals surface area (Å²) in [6.45, 7) is 1.69. The van der Waals surface area contributed by atoms with Crippen LogP contribution in [0.15, 0.2) is 70.0 Å². The minimum Gasteiger partial charge on any atom is -0.199 e. The molecule has 2 aromatic rings. The lowest BCUT2D eigenvalue weighted by Crippen LogP contribution is -2.02. The second-order valence-corrected chi connectivity index (χ2v) is 5.43. The van der Waals surface area contributed by atoms with Crippen molar-refractivity contribution in [3.63, 3.8) is 0 Å². The van der Waals surface area contributed by atoms with E-state index in [0.717, 1.165) is 5.56 Å². The van der Waals surface area contributed by atoms with Gasteiger partial charge < -0.3 is 0 Å². The van der Waals surface area contributed by atoms with E-state index < -0.39 is 10.0 Å². The normalized spacial score (nSPS) is 12.4. The molecule has 0 N–H and O–H groups in total. The molecule has 0 atom stereocenters. The number of rotatable bonds is 3. The van der Waals surface area contributed by atoms with E-state index in [9.17, 15) is 8.42 Å². The molecule has 0 radical (unpaired) electrons. The van der Waals surface area contributed by atoms with Gasteiger partial charge in [0.1, 0.15) is 0 Å². The molecule has 0 saturated heterocycles. The predicted octanol–water partition coefficient (Wildman–Crippen LogP) is 2.88. The average Bonchev–Trinajstić information content (AvgIpc) is 2.40. The standard InChI is InChI=1S/C14H13NO2S/c1-12(13-8-4-2-5-9-13)15-18(16,17)14-10-6-3-7-11-14/h2-11H,1H3/b15-12+. The van der Waals surface area contributed by atoms with Crippen LogP contribution in [0.4, 0.5) is 0 Å². The van der Waals surface area contributed by atoms with Crippen molar-refractivity contribution in [1.29, 1.82) is 0 Å². The molecule has 0 fully saturated rings. The Bertz CT molecular complexity index is 647. The van der Waals surface area contributed by atoms with Crippen molar-refractivity contribution in [1.82, 2.24) is 0 Å². The van der Waals surface area contributed by atoms with Crippen molar-refractivity contribution in [3.8, 4) is 0 Å². The van der Waals surface area contributed by atoms with Crippen LogP contribution in [0.1, 0.15) is 12.5 Å². The summed E-state index contributed by atoms with van der Waals surface area (Å²) >= 11 is 0. The molecule has 2 rings (SSSR count). The third-order valence-electron chi connectivity index (χ3n) is 2.49. The van der Waals surface area contributed by atoms with Crippen molar-refractivity contribution >= 4 is 15.7 Å². The summed E-state index contributed by atoms with van der Waals surface area (Å²) in [7, 11) is -3.62. The summed E-state index contributed by atoms with van der Waals surface area (Å²) in [4.78, 5) is 0.209. The molecule has 0 amide bonds. The Morgan fingerprint density at radius 3 is 1.94 bits per heavy atom. The van der Waals surface area contributed by atoms with Gasteiger partial charge in [0.05, 0.1) is 10.6 Å². The summed E-state index contributed by atoms with van der Waals surface area (Å²) in [6.07, 6.45) is 0. The fraction of sp³-hybridized carbons (Fsp3) is 0.0714. The van der Waals surface area contributed by atoms with Gasteiger partial charge >= 0.3 is 0 Å². The molecule has 18 heavy (non-hydrogen) atoms. The molecule has 0 bridgehead atoms. The maximum Gasteiger partial charge on any atom is 0.282 e. The van der Waals surface area contributed by atoms with Crippen molar-refractivity contribution in [2.24, 2.45) is 4.40 Å². The second-order valence-electron chi connectivity index (χ2n) is 3.83. The Kier molecular flexibility index (Phi) is 3.58. The first kappa shape index (κ1) is 12.5. The lowest BCUT2D eigenvalue weighted by Gasteiger charge is -2.02. The smallest absolute Gasteiger partial charge is 0.199 e. The highest BCUT2D eigenvalue weighted by molar-refractivity contribution is 7.90. The largest absolute Gasteiger partial charge is 0.282 e. The van der Waals surface area contributed by atoms with Crippen LogP contribution < -0.4 is 0 Å². The van der Waals surface area contributed by atoms with E-state index in [-0.39, 0.29) is 4.90 Å². The van der Waals surface area contributed by atoms with E-state index in [4.69, 9.17) is 0 Å². The Balaban J connectivity index is 2.39. The molecular formula is C14H13NO2S. The summed E-state index contributed by atoms with van der Waals surface area (Å²) < 4.78 is 27.9. The maximum atomic E-state index is 12.0. The number of nitrogens with zero attached hydrogens (tertiary/aromatic N) is 1. The first-order valence-electron chi connectivity index (χ1n) is 5.52. The average molecular weight is 259 g/mol. The quantitative estimate of drug-likeness (QED) is 0.796. The molecular weight excluding hydrogens is 246 g/mol. The number of hydrogen-bond acceptors (Lipinski definition) is 2. The lowest BCUT2D eigenvalue weighted by atomic mass is 10.1. The van der Waals surface area contributed by atoms with Crippen LogP contribution in [0, 0.1) is 0 Å². The van der Waals surface area contributed by atoms with Gasteiger partial charge in [-0.1, -0.05) is 48.5 Å². The molecule has 0 aromatic heterocycles. The maximum absolute atomic E-state index is 12.0. The first-order valence-corrected chi connectivity index (χ1v) is 6.96. The van der Waals surface area contributed by atoms with Crippen molar-refractivity contribution in [3.05, 3.63) is 66.2 Å². The van der Waals surface area contributed by atoms with E-state index in [1.54, 1.807) is 25.1 Å². The van der Waals surface area contributed by atoms with Crippen LogP contribution >= 0.6 is 0 Å². The summed E-state index contributed by atoms with van der Waals surface area (Å²) in [5.41, 5.74) is 1.29. The molecule has 0 spiro atoms. The van der Waals surface area contributed by atoms with Gasteiger partial charge in [-0.05, 0) is 24.6 Å². The zero-order valence-corrected chi connectivity index (χ0v) is 10.8. The summed E-state index contributed by atoms with van der Waals surface area (Å²) in [5, 5.41) is 0. The highest BCUT2D eigenvalue weighted by Gasteiger charge is 2.12. The monoisotopic (exact) mass is 259 g/mol.